The van der Waals surface area contributed by atoms with E-state index in [1.54, 1.807) is 0 Å². The molecule has 0 aliphatic heterocycles. The number of carboxylic acid groups (broad SMARTS) is 1. The van der Waals surface area contributed by atoms with Gasteiger partial charge >= 0.3 is 12.1 Å². The molecular weight excluding hydrogens is 444 g/mol. The number of carboxylic acids is 1. The van der Waals surface area contributed by atoms with Crippen molar-refractivity contribution in [2.24, 2.45) is 11.3 Å². The number of carbonyl (C=O) groups is 3. The van der Waals surface area contributed by atoms with E-state index in [2.05, 4.69) is 34.9 Å². The molecule has 1 fully saturated rings. The van der Waals surface area contributed by atoms with Gasteiger partial charge in [0.25, 0.3) is 0 Å². The first-order chi connectivity index (χ1) is 16.8. The Morgan fingerprint density at radius 1 is 1.06 bits per heavy atom. The minimum atomic E-state index is -0.853. The second-order valence-corrected chi connectivity index (χ2v) is 9.97. The van der Waals surface area contributed by atoms with Gasteiger partial charge in [-0.15, -0.1) is 0 Å². The summed E-state index contributed by atoms with van der Waals surface area (Å²) in [6.07, 6.45) is 2.65. The monoisotopic (exact) mass is 478 g/mol. The average molecular weight is 479 g/mol. The van der Waals surface area contributed by atoms with Gasteiger partial charge < -0.3 is 20.5 Å². The van der Waals surface area contributed by atoms with Gasteiger partial charge in [0.05, 0.1) is 6.42 Å². The lowest BCUT2D eigenvalue weighted by Crippen LogP contribution is -2.53. The van der Waals surface area contributed by atoms with E-state index in [4.69, 9.17) is 4.74 Å². The summed E-state index contributed by atoms with van der Waals surface area (Å²) in [6, 6.07) is 15.5. The molecule has 2 aromatic carbocycles. The Balaban J connectivity index is 1.38. The van der Waals surface area contributed by atoms with E-state index >= 15 is 0 Å². The van der Waals surface area contributed by atoms with Gasteiger partial charge in [-0.05, 0) is 46.4 Å². The van der Waals surface area contributed by atoms with E-state index < -0.39 is 18.1 Å². The highest BCUT2D eigenvalue weighted by Gasteiger charge is 2.40. The molecule has 1 unspecified atom stereocenters. The summed E-state index contributed by atoms with van der Waals surface area (Å²) in [5.74, 6) is -1.32. The Bertz CT molecular complexity index is 1050. The van der Waals surface area contributed by atoms with E-state index in [1.807, 2.05) is 38.1 Å². The minimum absolute atomic E-state index is 0.0427. The van der Waals surface area contributed by atoms with Crippen LogP contribution in [0.2, 0.25) is 0 Å². The van der Waals surface area contributed by atoms with E-state index in [0.717, 1.165) is 41.5 Å². The molecule has 1 saturated carbocycles. The maximum Gasteiger partial charge on any atom is 0.407 e. The molecule has 7 heteroatoms. The molecule has 0 heterocycles. The van der Waals surface area contributed by atoms with Gasteiger partial charge in [0.2, 0.25) is 5.91 Å². The molecule has 2 amide bonds. The third-order valence-electron chi connectivity index (χ3n) is 7.69. The van der Waals surface area contributed by atoms with Crippen LogP contribution in [-0.4, -0.2) is 42.3 Å². The molecule has 2 aromatic rings. The van der Waals surface area contributed by atoms with Gasteiger partial charge in [0, 0.05) is 12.5 Å². The van der Waals surface area contributed by atoms with Crippen molar-refractivity contribution in [1.29, 1.82) is 0 Å². The van der Waals surface area contributed by atoms with Crippen LogP contribution in [0, 0.1) is 11.3 Å². The van der Waals surface area contributed by atoms with Crippen molar-refractivity contribution in [2.75, 3.05) is 13.2 Å². The first-order valence-electron chi connectivity index (χ1n) is 12.4. The van der Waals surface area contributed by atoms with Crippen molar-refractivity contribution in [3.05, 3.63) is 59.7 Å². The van der Waals surface area contributed by atoms with Gasteiger partial charge in [-0.3, -0.25) is 9.59 Å². The Hall–Kier alpha value is -3.35. The smallest absolute Gasteiger partial charge is 0.407 e. The fourth-order valence-electron chi connectivity index (χ4n) is 5.27. The molecule has 0 bridgehead atoms. The van der Waals surface area contributed by atoms with Crippen LogP contribution >= 0.6 is 0 Å². The van der Waals surface area contributed by atoms with Crippen molar-refractivity contribution >= 4 is 18.0 Å². The molecular formula is C28H34N2O5. The number of alkyl carbamates (subject to hydrolysis) is 1. The zero-order valence-electron chi connectivity index (χ0n) is 20.4. The molecule has 0 aromatic heterocycles. The van der Waals surface area contributed by atoms with Crippen molar-refractivity contribution in [3.63, 3.8) is 0 Å². The molecule has 4 rings (SSSR count). The molecule has 0 spiro atoms. The highest BCUT2D eigenvalue weighted by Crippen LogP contribution is 2.45. The zero-order valence-corrected chi connectivity index (χ0v) is 20.4. The number of fused-ring (bicyclic) bond motifs is 3. The molecule has 0 radical (unpaired) electrons. The average Bonchev–Trinajstić information content (AvgIpc) is 3.15. The molecule has 3 N–H and O–H groups in total. The standard InChI is InChI=1S/C28H34N2O5/c1-3-18(2)25(26(33)29-17-28(13-8-14-28)15-24(31)32)30-27(34)35-16-23-21-11-6-4-9-19(21)20-10-5-7-12-22(20)23/h4-7,9-12,18,23,25H,3,8,13-17H2,1-2H3,(H,29,33)(H,30,34)(H,31,32)/t18?,25-/m0/s1. The molecule has 186 valence electrons. The summed E-state index contributed by atoms with van der Waals surface area (Å²) in [7, 11) is 0. The van der Waals surface area contributed by atoms with Crippen LogP contribution < -0.4 is 10.6 Å². The summed E-state index contributed by atoms with van der Waals surface area (Å²) < 4.78 is 5.64. The number of hydrogen-bond donors (Lipinski definition) is 3. The van der Waals surface area contributed by atoms with Gasteiger partial charge in [-0.2, -0.15) is 0 Å². The first-order valence-corrected chi connectivity index (χ1v) is 12.4. The number of aliphatic carboxylic acids is 1. The minimum Gasteiger partial charge on any atom is -0.481 e. The van der Waals surface area contributed by atoms with Crippen LogP contribution in [0.4, 0.5) is 4.79 Å². The number of ether oxygens (including phenoxy) is 1. The van der Waals surface area contributed by atoms with Gasteiger partial charge in [0.15, 0.2) is 0 Å². The van der Waals surface area contributed by atoms with Crippen LogP contribution in [0.5, 0.6) is 0 Å². The summed E-state index contributed by atoms with van der Waals surface area (Å²) in [6.45, 7) is 4.35. The molecule has 35 heavy (non-hydrogen) atoms. The van der Waals surface area contributed by atoms with Crippen LogP contribution in [0.1, 0.15) is 63.0 Å². The van der Waals surface area contributed by atoms with E-state index in [9.17, 15) is 19.5 Å². The fourth-order valence-corrected chi connectivity index (χ4v) is 5.27. The summed E-state index contributed by atoms with van der Waals surface area (Å²) in [5.41, 5.74) is 4.18. The number of nitrogens with one attached hydrogen (secondary N) is 2. The van der Waals surface area contributed by atoms with E-state index in [-0.39, 0.29) is 36.2 Å². The highest BCUT2D eigenvalue weighted by molar-refractivity contribution is 5.86. The van der Waals surface area contributed by atoms with Crippen molar-refractivity contribution in [2.45, 2.75) is 57.9 Å². The molecule has 2 atom stereocenters. The Kier molecular flexibility index (Phi) is 7.43. The highest BCUT2D eigenvalue weighted by atomic mass is 16.5. The van der Waals surface area contributed by atoms with Crippen molar-refractivity contribution < 1.29 is 24.2 Å². The van der Waals surface area contributed by atoms with Crippen LogP contribution in [0.3, 0.4) is 0 Å². The van der Waals surface area contributed by atoms with E-state index in [0.29, 0.717) is 13.0 Å². The lowest BCUT2D eigenvalue weighted by atomic mass is 9.66. The Morgan fingerprint density at radius 3 is 2.17 bits per heavy atom. The quantitative estimate of drug-likeness (QED) is 0.459. The predicted octanol–water partition coefficient (Wildman–Crippen LogP) is 4.70. The number of amides is 2. The molecule has 7 nitrogen and oxygen atoms in total. The molecule has 2 aliphatic carbocycles. The van der Waals surface area contributed by atoms with Crippen LogP contribution in [0.25, 0.3) is 11.1 Å². The largest absolute Gasteiger partial charge is 0.481 e. The third-order valence-corrected chi connectivity index (χ3v) is 7.69. The second-order valence-electron chi connectivity index (χ2n) is 9.97. The molecule has 0 saturated heterocycles. The lowest BCUT2D eigenvalue weighted by Gasteiger charge is -2.41. The lowest BCUT2D eigenvalue weighted by molar-refractivity contribution is -0.142. The van der Waals surface area contributed by atoms with E-state index in [1.165, 1.54) is 0 Å². The SMILES string of the molecule is CCC(C)[C@H](NC(=O)OCC1c2ccccc2-c2ccccc21)C(=O)NCC1(CC(=O)O)CCC1. The summed E-state index contributed by atoms with van der Waals surface area (Å²) in [4.78, 5) is 37.0. The number of hydrogen-bond acceptors (Lipinski definition) is 4. The second kappa shape index (κ2) is 10.5. The first kappa shape index (κ1) is 24.8. The van der Waals surface area contributed by atoms with Crippen LogP contribution in [0.15, 0.2) is 48.5 Å². The van der Waals surface area contributed by atoms with Crippen molar-refractivity contribution in [3.8, 4) is 11.1 Å². The van der Waals surface area contributed by atoms with Crippen LogP contribution in [-0.2, 0) is 14.3 Å². The zero-order chi connectivity index (χ0) is 25.0. The predicted molar refractivity (Wildman–Crippen MR) is 133 cm³/mol. The maximum atomic E-state index is 13.0. The fraction of sp³-hybridized carbons (Fsp3) is 0.464. The molecule has 2 aliphatic rings. The summed E-state index contributed by atoms with van der Waals surface area (Å²) >= 11 is 0. The number of rotatable bonds is 10. The third kappa shape index (κ3) is 5.34. The Morgan fingerprint density at radius 2 is 1.66 bits per heavy atom. The van der Waals surface area contributed by atoms with Gasteiger partial charge in [0.1, 0.15) is 12.6 Å². The van der Waals surface area contributed by atoms with Gasteiger partial charge in [-0.1, -0.05) is 75.2 Å². The summed E-state index contributed by atoms with van der Waals surface area (Å²) in [5, 5.41) is 14.9. The maximum absolute atomic E-state index is 13.0. The van der Waals surface area contributed by atoms with Gasteiger partial charge in [-0.25, -0.2) is 4.79 Å². The normalized spacial score (nSPS) is 17.3. The number of carbonyl (C=O) groups excluding carboxylic acids is 2. The topological polar surface area (TPSA) is 105 Å². The Labute approximate surface area is 206 Å². The number of benzene rings is 2. The van der Waals surface area contributed by atoms with Crippen molar-refractivity contribution in [1.82, 2.24) is 10.6 Å².